The van der Waals surface area contributed by atoms with Gasteiger partial charge in [-0.25, -0.2) is 0 Å². The average Bonchev–Trinajstić information content (AvgIpc) is 2.14. The molecule has 1 aliphatic rings. The first kappa shape index (κ1) is 6.68. The van der Waals surface area contributed by atoms with E-state index in [1.54, 1.807) is 6.08 Å². The van der Waals surface area contributed by atoms with E-state index in [2.05, 4.69) is 0 Å². The second-order valence-corrected chi connectivity index (χ2v) is 3.21. The highest BCUT2D eigenvalue weighted by Gasteiger charge is 2.19. The van der Waals surface area contributed by atoms with Crippen LogP contribution in [0.25, 0.3) is 0 Å². The Bertz CT molecular complexity index is 162. The van der Waals surface area contributed by atoms with Gasteiger partial charge in [0.2, 0.25) is 0 Å². The third-order valence-electron chi connectivity index (χ3n) is 1.17. The normalized spacial score (nSPS) is 25.9. The van der Waals surface area contributed by atoms with Crippen molar-refractivity contribution in [3.63, 3.8) is 0 Å². The largest absolute Gasteiger partial charge is 0.480 e. The molecule has 0 spiro atoms. The molecule has 2 nitrogen and oxygen atoms in total. The minimum absolute atomic E-state index is 0.287. The summed E-state index contributed by atoms with van der Waals surface area (Å²) in [5.74, 6) is 0.147. The third-order valence-corrected chi connectivity index (χ3v) is 2.49. The maximum Gasteiger partial charge on any atom is 0.320 e. The predicted octanol–water partition coefficient (Wildman–Crippen LogP) is 1.13. The molecular weight excluding hydrogens is 136 g/mol. The van der Waals surface area contributed by atoms with Crippen LogP contribution < -0.4 is 0 Å². The fourth-order valence-corrected chi connectivity index (χ4v) is 1.73. The zero-order valence-electron chi connectivity index (χ0n) is 5.13. The summed E-state index contributed by atoms with van der Waals surface area (Å²) in [6, 6.07) is 0. The number of rotatable bonds is 1. The van der Waals surface area contributed by atoms with Crippen molar-refractivity contribution in [2.45, 2.75) is 12.2 Å². The number of aliphatic carboxylic acids is 1. The highest BCUT2D eigenvalue weighted by atomic mass is 32.2. The Morgan fingerprint density at radius 2 is 2.67 bits per heavy atom. The number of hydrogen-bond acceptors (Lipinski definition) is 2. The van der Waals surface area contributed by atoms with Gasteiger partial charge in [-0.2, -0.15) is 0 Å². The van der Waals surface area contributed by atoms with E-state index in [1.165, 1.54) is 17.3 Å². The second-order valence-electron chi connectivity index (χ2n) is 2.08. The molecule has 0 saturated heterocycles. The van der Waals surface area contributed by atoms with Crippen molar-refractivity contribution < 1.29 is 9.90 Å². The average molecular weight is 144 g/mol. The molecule has 0 aromatic rings. The molecule has 0 bridgehead atoms. The van der Waals surface area contributed by atoms with E-state index in [4.69, 9.17) is 5.11 Å². The third kappa shape index (κ3) is 1.48. The fourth-order valence-electron chi connectivity index (χ4n) is 0.718. The Morgan fingerprint density at radius 3 is 2.89 bits per heavy atom. The SMILES string of the molecule is CC1=CC(C(=O)O)SC1. The zero-order valence-corrected chi connectivity index (χ0v) is 5.94. The van der Waals surface area contributed by atoms with E-state index in [9.17, 15) is 4.79 Å². The van der Waals surface area contributed by atoms with Gasteiger partial charge in [-0.1, -0.05) is 11.6 Å². The van der Waals surface area contributed by atoms with Crippen molar-refractivity contribution in [1.82, 2.24) is 0 Å². The number of carbonyl (C=O) groups is 1. The van der Waals surface area contributed by atoms with Crippen molar-refractivity contribution in [3.8, 4) is 0 Å². The Labute approximate surface area is 57.9 Å². The van der Waals surface area contributed by atoms with Gasteiger partial charge in [0.05, 0.1) is 0 Å². The molecule has 1 atom stereocenters. The van der Waals surface area contributed by atoms with Gasteiger partial charge in [-0.15, -0.1) is 11.8 Å². The van der Waals surface area contributed by atoms with E-state index >= 15 is 0 Å². The smallest absolute Gasteiger partial charge is 0.320 e. The molecule has 0 radical (unpaired) electrons. The summed E-state index contributed by atoms with van der Waals surface area (Å²) >= 11 is 1.47. The summed E-state index contributed by atoms with van der Waals surface area (Å²) in [6.45, 7) is 1.95. The molecule has 0 saturated carbocycles. The lowest BCUT2D eigenvalue weighted by molar-refractivity contribution is -0.135. The highest BCUT2D eigenvalue weighted by molar-refractivity contribution is 8.01. The van der Waals surface area contributed by atoms with Gasteiger partial charge in [0, 0.05) is 5.75 Å². The lowest BCUT2D eigenvalue weighted by Gasteiger charge is -1.95. The summed E-state index contributed by atoms with van der Waals surface area (Å²) in [5, 5.41) is 8.18. The summed E-state index contributed by atoms with van der Waals surface area (Å²) < 4.78 is 0. The van der Waals surface area contributed by atoms with Crippen LogP contribution in [0.2, 0.25) is 0 Å². The summed E-state index contributed by atoms with van der Waals surface area (Å²) in [5.41, 5.74) is 1.17. The van der Waals surface area contributed by atoms with Gasteiger partial charge in [0.1, 0.15) is 5.25 Å². The molecule has 1 rings (SSSR count). The molecule has 1 N–H and O–H groups in total. The van der Waals surface area contributed by atoms with Gasteiger partial charge in [-0.05, 0) is 6.92 Å². The van der Waals surface area contributed by atoms with Crippen LogP contribution in [0.1, 0.15) is 6.92 Å². The van der Waals surface area contributed by atoms with Gasteiger partial charge in [-0.3, -0.25) is 4.79 Å². The van der Waals surface area contributed by atoms with Crippen LogP contribution >= 0.6 is 11.8 Å². The quantitative estimate of drug-likeness (QED) is 0.560. The van der Waals surface area contributed by atoms with Crippen LogP contribution in [0.5, 0.6) is 0 Å². The van der Waals surface area contributed by atoms with Crippen molar-refractivity contribution >= 4 is 17.7 Å². The summed E-state index contributed by atoms with van der Waals surface area (Å²) in [4.78, 5) is 10.3. The first-order chi connectivity index (χ1) is 4.20. The lowest BCUT2D eigenvalue weighted by Crippen LogP contribution is -2.10. The number of carboxylic acids is 1. The predicted molar refractivity (Wildman–Crippen MR) is 37.6 cm³/mol. The van der Waals surface area contributed by atoms with Crippen LogP contribution in [0.4, 0.5) is 0 Å². The minimum Gasteiger partial charge on any atom is -0.480 e. The van der Waals surface area contributed by atoms with Crippen molar-refractivity contribution in [1.29, 1.82) is 0 Å². The van der Waals surface area contributed by atoms with Crippen molar-refractivity contribution in [2.75, 3.05) is 5.75 Å². The molecule has 0 aromatic heterocycles. The molecule has 3 heteroatoms. The molecule has 1 heterocycles. The zero-order chi connectivity index (χ0) is 6.85. The van der Waals surface area contributed by atoms with E-state index in [0.29, 0.717) is 0 Å². The van der Waals surface area contributed by atoms with E-state index in [0.717, 1.165) is 5.75 Å². The van der Waals surface area contributed by atoms with Gasteiger partial charge < -0.3 is 5.11 Å². The minimum atomic E-state index is -0.725. The number of carboxylic acid groups (broad SMARTS) is 1. The van der Waals surface area contributed by atoms with Crippen LogP contribution in [-0.4, -0.2) is 22.1 Å². The first-order valence-electron chi connectivity index (χ1n) is 2.72. The molecule has 0 aliphatic carbocycles. The van der Waals surface area contributed by atoms with E-state index in [-0.39, 0.29) is 5.25 Å². The summed E-state index contributed by atoms with van der Waals surface area (Å²) in [7, 11) is 0. The van der Waals surface area contributed by atoms with Crippen LogP contribution in [-0.2, 0) is 4.79 Å². The van der Waals surface area contributed by atoms with Crippen LogP contribution in [0.15, 0.2) is 11.6 Å². The highest BCUT2D eigenvalue weighted by Crippen LogP contribution is 2.24. The van der Waals surface area contributed by atoms with E-state index in [1.807, 2.05) is 6.92 Å². The second kappa shape index (κ2) is 2.43. The fraction of sp³-hybridized carbons (Fsp3) is 0.500. The Kier molecular flexibility index (Phi) is 1.81. The van der Waals surface area contributed by atoms with Gasteiger partial charge >= 0.3 is 5.97 Å². The monoisotopic (exact) mass is 144 g/mol. The Morgan fingerprint density at radius 1 is 2.00 bits per heavy atom. The Balaban J connectivity index is 2.57. The topological polar surface area (TPSA) is 37.3 Å². The Hall–Kier alpha value is -0.440. The van der Waals surface area contributed by atoms with Crippen LogP contribution in [0.3, 0.4) is 0 Å². The number of hydrogen-bond donors (Lipinski definition) is 1. The molecule has 1 unspecified atom stereocenters. The maximum atomic E-state index is 10.3. The lowest BCUT2D eigenvalue weighted by atomic mass is 10.3. The maximum absolute atomic E-state index is 10.3. The van der Waals surface area contributed by atoms with Crippen molar-refractivity contribution in [2.24, 2.45) is 0 Å². The molecule has 0 fully saturated rings. The summed E-state index contributed by atoms with van der Waals surface area (Å²) in [6.07, 6.45) is 1.80. The number of thioether (sulfide) groups is 1. The standard InChI is InChI=1S/C6H8O2S/c1-4-2-5(6(7)8)9-3-4/h2,5H,3H2,1H3,(H,7,8). The van der Waals surface area contributed by atoms with Gasteiger partial charge in [0.15, 0.2) is 0 Å². The molecular formula is C6H8O2S. The molecule has 1 aliphatic heterocycles. The molecule has 9 heavy (non-hydrogen) atoms. The van der Waals surface area contributed by atoms with Crippen molar-refractivity contribution in [3.05, 3.63) is 11.6 Å². The molecule has 0 aromatic carbocycles. The first-order valence-corrected chi connectivity index (χ1v) is 3.77. The van der Waals surface area contributed by atoms with Crippen LogP contribution in [0, 0.1) is 0 Å². The molecule has 0 amide bonds. The van der Waals surface area contributed by atoms with E-state index < -0.39 is 5.97 Å². The molecule has 50 valence electrons. The van der Waals surface area contributed by atoms with Gasteiger partial charge in [0.25, 0.3) is 0 Å².